The van der Waals surface area contributed by atoms with Gasteiger partial charge >= 0.3 is 0 Å². The van der Waals surface area contributed by atoms with Crippen LogP contribution in [0, 0.1) is 11.8 Å². The van der Waals surface area contributed by atoms with Gasteiger partial charge in [-0.05, 0) is 37.2 Å². The minimum atomic E-state index is -0.687. The number of aliphatic hydroxyl groups is 1. The number of aryl methyl sites for hydroxylation is 1. The lowest BCUT2D eigenvalue weighted by Crippen LogP contribution is -2.35. The van der Waals surface area contributed by atoms with Gasteiger partial charge in [0.05, 0.1) is 5.69 Å². The zero-order valence-electron chi connectivity index (χ0n) is 9.77. The second-order valence-electron chi connectivity index (χ2n) is 5.10. The summed E-state index contributed by atoms with van der Waals surface area (Å²) >= 11 is 0. The van der Waals surface area contributed by atoms with Crippen molar-refractivity contribution >= 4 is 0 Å². The van der Waals surface area contributed by atoms with Gasteiger partial charge in [0.25, 0.3) is 0 Å². The number of hydrogen-bond donors (Lipinski definition) is 1. The summed E-state index contributed by atoms with van der Waals surface area (Å²) < 4.78 is 1.76. The van der Waals surface area contributed by atoms with Crippen LogP contribution in [0.25, 0.3) is 0 Å². The molecule has 0 aliphatic heterocycles. The van der Waals surface area contributed by atoms with Crippen molar-refractivity contribution in [3.8, 4) is 0 Å². The summed E-state index contributed by atoms with van der Waals surface area (Å²) in [7, 11) is 1.89. The van der Waals surface area contributed by atoms with E-state index in [1.807, 2.05) is 19.3 Å². The Bertz CT molecular complexity index is 347. The van der Waals surface area contributed by atoms with Crippen LogP contribution >= 0.6 is 0 Å². The molecule has 1 aliphatic carbocycles. The van der Waals surface area contributed by atoms with Crippen LogP contribution in [-0.4, -0.2) is 14.9 Å². The van der Waals surface area contributed by atoms with Crippen molar-refractivity contribution in [3.63, 3.8) is 0 Å². The number of aromatic nitrogens is 2. The van der Waals surface area contributed by atoms with Gasteiger partial charge in [0.15, 0.2) is 0 Å². The van der Waals surface area contributed by atoms with Crippen LogP contribution in [0.2, 0.25) is 0 Å². The van der Waals surface area contributed by atoms with Gasteiger partial charge in [-0.25, -0.2) is 0 Å². The average Bonchev–Trinajstić information content (AvgIpc) is 2.60. The first-order valence-electron chi connectivity index (χ1n) is 5.74. The predicted octanol–water partition coefficient (Wildman–Crippen LogP) is 2.06. The van der Waals surface area contributed by atoms with E-state index >= 15 is 0 Å². The van der Waals surface area contributed by atoms with E-state index in [0.29, 0.717) is 11.8 Å². The van der Waals surface area contributed by atoms with Crippen molar-refractivity contribution in [2.45, 2.75) is 38.7 Å². The minimum absolute atomic E-state index is 0.575. The van der Waals surface area contributed by atoms with E-state index in [-0.39, 0.29) is 0 Å². The molecule has 1 aliphatic rings. The summed E-state index contributed by atoms with van der Waals surface area (Å²) in [4.78, 5) is 0. The molecule has 0 spiro atoms. The molecule has 1 heterocycles. The Morgan fingerprint density at radius 2 is 2.20 bits per heavy atom. The Morgan fingerprint density at radius 3 is 2.73 bits per heavy atom. The first kappa shape index (κ1) is 10.7. The summed E-state index contributed by atoms with van der Waals surface area (Å²) in [6.07, 6.45) is 4.67. The van der Waals surface area contributed by atoms with Gasteiger partial charge in [-0.1, -0.05) is 13.8 Å². The molecule has 3 atom stereocenters. The number of hydrogen-bond acceptors (Lipinski definition) is 2. The predicted molar refractivity (Wildman–Crippen MR) is 59.3 cm³/mol. The lowest BCUT2D eigenvalue weighted by Gasteiger charge is -2.37. The normalized spacial score (nSPS) is 36.8. The molecule has 1 aromatic heterocycles. The van der Waals surface area contributed by atoms with Crippen LogP contribution in [0.3, 0.4) is 0 Å². The monoisotopic (exact) mass is 208 g/mol. The zero-order chi connectivity index (χ0) is 11.1. The summed E-state index contributed by atoms with van der Waals surface area (Å²) in [6, 6.07) is 1.93. The Labute approximate surface area is 91.1 Å². The molecule has 3 nitrogen and oxygen atoms in total. The molecule has 0 radical (unpaired) electrons. The molecular formula is C12H20N2O. The highest BCUT2D eigenvalue weighted by molar-refractivity contribution is 5.12. The standard InChI is InChI=1S/C12H20N2O/c1-9-4-6-12(15,8-10(9)2)11-5-7-14(3)13-11/h5,7,9-10,15H,4,6,8H2,1-3H3. The molecular weight excluding hydrogens is 188 g/mol. The van der Waals surface area contributed by atoms with E-state index in [1.54, 1.807) is 4.68 Å². The van der Waals surface area contributed by atoms with Crippen LogP contribution in [0.4, 0.5) is 0 Å². The SMILES string of the molecule is CC1CCC(O)(c2ccn(C)n2)CC1C. The first-order valence-corrected chi connectivity index (χ1v) is 5.74. The Kier molecular flexibility index (Phi) is 2.59. The van der Waals surface area contributed by atoms with E-state index in [0.717, 1.165) is 25.0 Å². The molecule has 84 valence electrons. The smallest absolute Gasteiger partial charge is 0.109 e. The summed E-state index contributed by atoms with van der Waals surface area (Å²) in [6.45, 7) is 4.49. The zero-order valence-corrected chi connectivity index (χ0v) is 9.77. The molecule has 1 fully saturated rings. The van der Waals surface area contributed by atoms with Crippen LogP contribution in [0.5, 0.6) is 0 Å². The summed E-state index contributed by atoms with van der Waals surface area (Å²) in [5.74, 6) is 1.29. The summed E-state index contributed by atoms with van der Waals surface area (Å²) in [5.41, 5.74) is 0.149. The second-order valence-corrected chi connectivity index (χ2v) is 5.10. The molecule has 0 amide bonds. The second kappa shape index (κ2) is 3.63. The van der Waals surface area contributed by atoms with Crippen molar-refractivity contribution in [3.05, 3.63) is 18.0 Å². The molecule has 15 heavy (non-hydrogen) atoms. The van der Waals surface area contributed by atoms with Crippen LogP contribution in [0.1, 0.15) is 38.8 Å². The van der Waals surface area contributed by atoms with Gasteiger partial charge in [0.1, 0.15) is 5.60 Å². The van der Waals surface area contributed by atoms with Crippen LogP contribution in [0.15, 0.2) is 12.3 Å². The lowest BCUT2D eigenvalue weighted by atomic mass is 9.72. The third-order valence-electron chi connectivity index (χ3n) is 3.83. The van der Waals surface area contributed by atoms with Crippen molar-refractivity contribution in [1.82, 2.24) is 9.78 Å². The van der Waals surface area contributed by atoms with E-state index in [9.17, 15) is 5.11 Å². The van der Waals surface area contributed by atoms with Crippen molar-refractivity contribution < 1.29 is 5.11 Å². The molecule has 0 saturated heterocycles. The number of nitrogens with zero attached hydrogens (tertiary/aromatic N) is 2. The van der Waals surface area contributed by atoms with Gasteiger partial charge in [0, 0.05) is 13.2 Å². The molecule has 1 N–H and O–H groups in total. The first-order chi connectivity index (χ1) is 7.01. The molecule has 0 aromatic carbocycles. The van der Waals surface area contributed by atoms with E-state index in [4.69, 9.17) is 0 Å². The highest BCUT2D eigenvalue weighted by Gasteiger charge is 2.38. The van der Waals surface area contributed by atoms with Gasteiger partial charge < -0.3 is 5.11 Å². The molecule has 0 bridgehead atoms. The largest absolute Gasteiger partial charge is 0.383 e. The molecule has 1 aromatic rings. The maximum Gasteiger partial charge on any atom is 0.109 e. The highest BCUT2D eigenvalue weighted by atomic mass is 16.3. The fourth-order valence-corrected chi connectivity index (χ4v) is 2.48. The van der Waals surface area contributed by atoms with Gasteiger partial charge in [0.2, 0.25) is 0 Å². The third-order valence-corrected chi connectivity index (χ3v) is 3.83. The molecule has 3 heteroatoms. The molecule has 2 rings (SSSR count). The fraction of sp³-hybridized carbons (Fsp3) is 0.750. The van der Waals surface area contributed by atoms with Gasteiger partial charge in [-0.2, -0.15) is 5.10 Å². The Morgan fingerprint density at radius 1 is 1.47 bits per heavy atom. The Balaban J connectivity index is 2.20. The third kappa shape index (κ3) is 1.93. The quantitative estimate of drug-likeness (QED) is 0.767. The van der Waals surface area contributed by atoms with Gasteiger partial charge in [-0.15, -0.1) is 0 Å². The number of rotatable bonds is 1. The lowest BCUT2D eigenvalue weighted by molar-refractivity contribution is -0.0374. The average molecular weight is 208 g/mol. The fourth-order valence-electron chi connectivity index (χ4n) is 2.48. The van der Waals surface area contributed by atoms with Crippen molar-refractivity contribution in [2.24, 2.45) is 18.9 Å². The summed E-state index contributed by atoms with van der Waals surface area (Å²) in [5, 5.41) is 14.9. The van der Waals surface area contributed by atoms with Crippen molar-refractivity contribution in [2.75, 3.05) is 0 Å². The maximum atomic E-state index is 10.6. The molecule has 3 unspecified atom stereocenters. The van der Waals surface area contributed by atoms with E-state index < -0.39 is 5.60 Å². The highest BCUT2D eigenvalue weighted by Crippen LogP contribution is 2.41. The van der Waals surface area contributed by atoms with Gasteiger partial charge in [-0.3, -0.25) is 4.68 Å². The van der Waals surface area contributed by atoms with E-state index in [2.05, 4.69) is 18.9 Å². The Hall–Kier alpha value is -0.830. The maximum absolute atomic E-state index is 10.6. The van der Waals surface area contributed by atoms with Crippen LogP contribution in [-0.2, 0) is 12.6 Å². The van der Waals surface area contributed by atoms with Crippen molar-refractivity contribution in [1.29, 1.82) is 0 Å². The van der Waals surface area contributed by atoms with Crippen LogP contribution < -0.4 is 0 Å². The molecule has 1 saturated carbocycles. The topological polar surface area (TPSA) is 38.0 Å². The van der Waals surface area contributed by atoms with E-state index in [1.165, 1.54) is 0 Å². The minimum Gasteiger partial charge on any atom is -0.383 e.